The van der Waals surface area contributed by atoms with E-state index in [0.29, 0.717) is 22.2 Å². The number of aromatic nitrogens is 2. The lowest BCUT2D eigenvalue weighted by atomic mass is 9.97. The molecule has 2 amide bonds. The van der Waals surface area contributed by atoms with Crippen molar-refractivity contribution in [3.8, 4) is 40.5 Å². The zero-order chi connectivity index (χ0) is 45.1. The van der Waals surface area contributed by atoms with Crippen molar-refractivity contribution in [3.63, 3.8) is 0 Å². The number of pyridine rings is 1. The molecule has 4 N–H and O–H groups in total. The zero-order valence-electron chi connectivity index (χ0n) is 34.8. The molecule has 4 aromatic rings. The first-order valence-corrected chi connectivity index (χ1v) is 20.1. The van der Waals surface area contributed by atoms with Gasteiger partial charge in [-0.3, -0.25) is 0 Å². The predicted molar refractivity (Wildman–Crippen MR) is 224 cm³/mol. The summed E-state index contributed by atoms with van der Waals surface area (Å²) < 4.78 is 32.9. The number of carbonyl (C=O) groups excluding carboxylic acids is 4. The summed E-state index contributed by atoms with van der Waals surface area (Å²) in [5.41, 5.74) is 6.74. The second kappa shape index (κ2) is 20.7. The van der Waals surface area contributed by atoms with Crippen molar-refractivity contribution in [1.29, 1.82) is 10.5 Å². The first kappa shape index (κ1) is 47.2. The number of nitrogens with one attached hydrogen (secondary N) is 2. The van der Waals surface area contributed by atoms with Crippen LogP contribution in [-0.2, 0) is 34.3 Å². The number of benzene rings is 2. The second-order valence-corrected chi connectivity index (χ2v) is 16.8. The Morgan fingerprint density at radius 2 is 1.38 bits per heavy atom. The number of halogens is 1. The number of nitrogen functional groups attached to an aromatic ring is 1. The molecule has 3 atom stereocenters. The van der Waals surface area contributed by atoms with Crippen LogP contribution in [0.1, 0.15) is 72.2 Å². The van der Waals surface area contributed by atoms with Crippen LogP contribution in [0.3, 0.4) is 0 Å². The van der Waals surface area contributed by atoms with Crippen LogP contribution in [0, 0.1) is 22.7 Å². The Bertz CT molecular complexity index is 2290. The quantitative estimate of drug-likeness (QED) is 0.0600. The lowest BCUT2D eigenvalue weighted by molar-refractivity contribution is -0.162. The van der Waals surface area contributed by atoms with Crippen molar-refractivity contribution in [3.05, 3.63) is 76.6 Å². The summed E-state index contributed by atoms with van der Waals surface area (Å²) in [7, 11) is 0. The second-order valence-electron chi connectivity index (χ2n) is 15.4. The van der Waals surface area contributed by atoms with Gasteiger partial charge in [0, 0.05) is 21.9 Å². The molecule has 4 rings (SSSR count). The van der Waals surface area contributed by atoms with Gasteiger partial charge >= 0.3 is 24.1 Å². The van der Waals surface area contributed by atoms with Crippen molar-refractivity contribution in [2.45, 2.75) is 95.6 Å². The highest BCUT2D eigenvalue weighted by Crippen LogP contribution is 2.37. The first-order chi connectivity index (χ1) is 28.7. The molecule has 0 bridgehead atoms. The molecule has 0 fully saturated rings. The monoisotopic (exact) mass is 875 g/mol. The van der Waals surface area contributed by atoms with E-state index in [1.54, 1.807) is 90.1 Å². The summed E-state index contributed by atoms with van der Waals surface area (Å²) in [6, 6.07) is 15.2. The number of thioether (sulfide) groups is 1. The average Bonchev–Trinajstić information content (AvgIpc) is 3.65. The number of alkyl carbamates (subject to hydrolysis) is 2. The van der Waals surface area contributed by atoms with E-state index in [4.69, 9.17) is 45.4 Å². The van der Waals surface area contributed by atoms with Crippen molar-refractivity contribution in [2.24, 2.45) is 0 Å². The predicted octanol–water partition coefficient (Wildman–Crippen LogP) is 7.34. The molecular weight excluding hydrogens is 830 g/mol. The standard InChI is InChI=1S/C42H46ClN7O10S/c1-23(47-39(53)59-41(3,4)5)37(51)57-21-30(58-38(52)24(2)48-40(54)60-42(6,7)8)20-55-29-15-11-25(12-16-29)33-31(17-44)34(46)50-36(32(33)18-45)61-22-28-19-56-35(49-28)26-9-13-27(43)14-10-26/h9-16,19,23-24,30H,20-22H2,1-8H3,(H2,46,50)(H,47,53)(H,48,54)/t23-,24?,30-/m0/s1. The van der Waals surface area contributed by atoms with Gasteiger partial charge in [0.05, 0.1) is 11.3 Å². The Labute approximate surface area is 362 Å². The topological polar surface area (TPSA) is 251 Å². The highest BCUT2D eigenvalue weighted by molar-refractivity contribution is 7.98. The smallest absolute Gasteiger partial charge is 0.408 e. The number of esters is 2. The van der Waals surface area contributed by atoms with Crippen molar-refractivity contribution in [2.75, 3.05) is 18.9 Å². The number of rotatable bonds is 15. The van der Waals surface area contributed by atoms with Gasteiger partial charge in [0.1, 0.15) is 77.1 Å². The van der Waals surface area contributed by atoms with E-state index in [1.807, 2.05) is 6.07 Å². The molecule has 0 spiro atoms. The SMILES string of the molecule is CC(NC(=O)OC(C)(C)C)C(=O)O[C@H](COC(=O)[C@H](C)NC(=O)OC(C)(C)C)COc1ccc(-c2c(C#N)c(N)nc(SCc3coc(-c4ccc(Cl)cc4)n3)c2C#N)cc1. The fourth-order valence-corrected chi connectivity index (χ4v) is 6.11. The number of nitriles is 2. The fourth-order valence-electron chi connectivity index (χ4n) is 5.11. The van der Waals surface area contributed by atoms with Crippen molar-refractivity contribution < 1.29 is 47.3 Å². The molecule has 1 unspecified atom stereocenters. The fraction of sp³-hybridized carbons (Fsp3) is 0.381. The van der Waals surface area contributed by atoms with Crippen LogP contribution in [0.5, 0.6) is 5.75 Å². The number of nitrogens with two attached hydrogens (primary N) is 1. The molecule has 2 aromatic carbocycles. The summed E-state index contributed by atoms with van der Waals surface area (Å²) in [4.78, 5) is 59.2. The third kappa shape index (κ3) is 14.3. The number of oxazole rings is 1. The molecular formula is C42H46ClN7O10S. The van der Waals surface area contributed by atoms with Gasteiger partial charge in [0.25, 0.3) is 0 Å². The van der Waals surface area contributed by atoms with Gasteiger partial charge in [0.15, 0.2) is 6.10 Å². The number of carbonyl (C=O) groups is 4. The molecule has 61 heavy (non-hydrogen) atoms. The first-order valence-electron chi connectivity index (χ1n) is 18.7. The van der Waals surface area contributed by atoms with Crippen LogP contribution in [0.2, 0.25) is 5.02 Å². The van der Waals surface area contributed by atoms with Gasteiger partial charge < -0.3 is 44.5 Å². The highest BCUT2D eigenvalue weighted by atomic mass is 35.5. The minimum absolute atomic E-state index is 0.000630. The van der Waals surface area contributed by atoms with Crippen LogP contribution < -0.4 is 21.1 Å². The number of ether oxygens (including phenoxy) is 5. The third-order valence-corrected chi connectivity index (χ3v) is 9.12. The number of hydrogen-bond acceptors (Lipinski definition) is 16. The number of hydrogen-bond donors (Lipinski definition) is 3. The number of nitrogens with zero attached hydrogens (tertiary/aromatic N) is 4. The van der Waals surface area contributed by atoms with Gasteiger partial charge in [-0.05, 0) is 97.4 Å². The normalized spacial score (nSPS) is 12.7. The van der Waals surface area contributed by atoms with Gasteiger partial charge in [-0.1, -0.05) is 35.5 Å². The largest absolute Gasteiger partial charge is 0.490 e. The van der Waals surface area contributed by atoms with Crippen LogP contribution in [0.4, 0.5) is 15.4 Å². The summed E-state index contributed by atoms with van der Waals surface area (Å²) in [6.45, 7) is 11.9. The van der Waals surface area contributed by atoms with Crippen LogP contribution in [0.25, 0.3) is 22.6 Å². The van der Waals surface area contributed by atoms with Crippen LogP contribution in [-0.4, -0.2) is 76.7 Å². The molecule has 0 aliphatic rings. The third-order valence-electron chi connectivity index (χ3n) is 7.86. The van der Waals surface area contributed by atoms with E-state index < -0.39 is 60.1 Å². The zero-order valence-corrected chi connectivity index (χ0v) is 36.4. The van der Waals surface area contributed by atoms with Crippen LogP contribution >= 0.6 is 23.4 Å². The Balaban J connectivity index is 1.50. The molecule has 0 saturated heterocycles. The molecule has 0 aliphatic carbocycles. The van der Waals surface area contributed by atoms with Crippen LogP contribution in [0.15, 0.2) is 64.2 Å². The van der Waals surface area contributed by atoms with E-state index in [2.05, 4.69) is 26.7 Å². The summed E-state index contributed by atoms with van der Waals surface area (Å²) in [5.74, 6) is -0.880. The molecule has 19 heteroatoms. The van der Waals surface area contributed by atoms with E-state index in [9.17, 15) is 29.7 Å². The Morgan fingerprint density at radius 1 is 0.820 bits per heavy atom. The van der Waals surface area contributed by atoms with Gasteiger partial charge in [-0.2, -0.15) is 10.5 Å². The van der Waals surface area contributed by atoms with Gasteiger partial charge in [0.2, 0.25) is 5.89 Å². The van der Waals surface area contributed by atoms with Gasteiger partial charge in [-0.15, -0.1) is 0 Å². The lowest BCUT2D eigenvalue weighted by Crippen LogP contribution is -2.45. The number of anilines is 1. The lowest BCUT2D eigenvalue weighted by Gasteiger charge is -2.24. The molecule has 2 heterocycles. The molecule has 0 aliphatic heterocycles. The molecule has 17 nitrogen and oxygen atoms in total. The van der Waals surface area contributed by atoms with Gasteiger partial charge in [-0.25, -0.2) is 29.1 Å². The molecule has 0 saturated carbocycles. The Hall–Kier alpha value is -6.50. The van der Waals surface area contributed by atoms with E-state index >= 15 is 0 Å². The maximum absolute atomic E-state index is 13.1. The maximum Gasteiger partial charge on any atom is 0.408 e. The van der Waals surface area contributed by atoms with Crippen molar-refractivity contribution in [1.82, 2.24) is 20.6 Å². The minimum Gasteiger partial charge on any atom is -0.490 e. The van der Waals surface area contributed by atoms with E-state index in [0.717, 1.165) is 5.56 Å². The number of amides is 2. The highest BCUT2D eigenvalue weighted by Gasteiger charge is 2.28. The Morgan fingerprint density at radius 3 is 1.93 bits per heavy atom. The minimum atomic E-state index is -1.20. The summed E-state index contributed by atoms with van der Waals surface area (Å²) >= 11 is 7.19. The Kier molecular flexibility index (Phi) is 16.0. The summed E-state index contributed by atoms with van der Waals surface area (Å²) in [5, 5.41) is 26.0. The van der Waals surface area contributed by atoms with E-state index in [-0.39, 0.29) is 45.6 Å². The molecule has 0 radical (unpaired) electrons. The molecule has 322 valence electrons. The molecule has 2 aromatic heterocycles. The summed E-state index contributed by atoms with van der Waals surface area (Å²) in [6.07, 6.45) is -1.39. The average molecular weight is 876 g/mol. The maximum atomic E-state index is 13.1. The van der Waals surface area contributed by atoms with E-state index in [1.165, 1.54) is 31.9 Å². The van der Waals surface area contributed by atoms with Crippen molar-refractivity contribution >= 4 is 53.3 Å².